The van der Waals surface area contributed by atoms with E-state index in [1.165, 1.54) is 0 Å². The molecule has 3 nitrogen and oxygen atoms in total. The van der Waals surface area contributed by atoms with Crippen LogP contribution in [0.25, 0.3) is 0 Å². The number of hydrogen-bond donors (Lipinski definition) is 2. The van der Waals surface area contributed by atoms with Gasteiger partial charge in [0.25, 0.3) is 0 Å². The molecule has 1 aliphatic heterocycles. The van der Waals surface area contributed by atoms with Crippen LogP contribution in [-0.4, -0.2) is 17.6 Å². The molecule has 0 bridgehead atoms. The molecule has 4 heteroatoms. The molecule has 1 atom stereocenters. The van der Waals surface area contributed by atoms with Crippen molar-refractivity contribution in [3.8, 4) is 0 Å². The highest BCUT2D eigenvalue weighted by Crippen LogP contribution is 2.28. The summed E-state index contributed by atoms with van der Waals surface area (Å²) in [6, 6.07) is 5.79. The Kier molecular flexibility index (Phi) is 3.46. The Morgan fingerprint density at radius 3 is 3.00 bits per heavy atom. The smallest absolute Gasteiger partial charge is 0.307 e. The van der Waals surface area contributed by atoms with Gasteiger partial charge < -0.3 is 10.4 Å². The fourth-order valence-electron chi connectivity index (χ4n) is 2.18. The van der Waals surface area contributed by atoms with E-state index < -0.39 is 5.97 Å². The average molecular weight is 240 g/mol. The number of hydrogen-bond acceptors (Lipinski definition) is 2. The van der Waals surface area contributed by atoms with E-state index in [0.717, 1.165) is 30.5 Å². The van der Waals surface area contributed by atoms with E-state index in [2.05, 4.69) is 5.32 Å². The summed E-state index contributed by atoms with van der Waals surface area (Å²) < 4.78 is 0. The minimum atomic E-state index is -0.818. The molecule has 0 unspecified atom stereocenters. The van der Waals surface area contributed by atoms with Gasteiger partial charge in [-0.25, -0.2) is 0 Å². The Hall–Kier alpha value is -1.06. The molecule has 2 rings (SSSR count). The highest BCUT2D eigenvalue weighted by molar-refractivity contribution is 6.30. The molecule has 0 radical (unpaired) electrons. The van der Waals surface area contributed by atoms with E-state index in [4.69, 9.17) is 16.7 Å². The molecule has 1 heterocycles. The van der Waals surface area contributed by atoms with Gasteiger partial charge in [0.1, 0.15) is 0 Å². The van der Waals surface area contributed by atoms with Gasteiger partial charge in [-0.05, 0) is 42.6 Å². The molecule has 0 amide bonds. The van der Waals surface area contributed by atoms with E-state index >= 15 is 0 Å². The van der Waals surface area contributed by atoms with Crippen molar-refractivity contribution in [2.75, 3.05) is 6.54 Å². The second kappa shape index (κ2) is 4.85. The summed E-state index contributed by atoms with van der Waals surface area (Å²) in [6.45, 7) is 1.000. The SMILES string of the molecule is O=C(O)Cc1cc(Cl)ccc1[C@H]1CCCN1. The summed E-state index contributed by atoms with van der Waals surface area (Å²) in [7, 11) is 0. The van der Waals surface area contributed by atoms with Crippen LogP contribution < -0.4 is 5.32 Å². The first-order valence-electron chi connectivity index (χ1n) is 5.40. The molecule has 1 aromatic carbocycles. The first-order valence-corrected chi connectivity index (χ1v) is 5.78. The third kappa shape index (κ3) is 2.54. The van der Waals surface area contributed by atoms with Gasteiger partial charge in [0.05, 0.1) is 6.42 Å². The van der Waals surface area contributed by atoms with Crippen LogP contribution in [0.5, 0.6) is 0 Å². The lowest BCUT2D eigenvalue weighted by Gasteiger charge is -2.15. The van der Waals surface area contributed by atoms with Gasteiger partial charge in [-0.15, -0.1) is 0 Å². The minimum Gasteiger partial charge on any atom is -0.481 e. The predicted octanol–water partition coefficient (Wildman–Crippen LogP) is 2.39. The quantitative estimate of drug-likeness (QED) is 0.852. The van der Waals surface area contributed by atoms with Gasteiger partial charge in [0.2, 0.25) is 0 Å². The number of aliphatic carboxylic acids is 1. The van der Waals surface area contributed by atoms with Crippen molar-refractivity contribution < 1.29 is 9.90 Å². The normalized spacial score (nSPS) is 19.9. The second-order valence-electron chi connectivity index (χ2n) is 4.06. The lowest BCUT2D eigenvalue weighted by atomic mass is 9.97. The number of rotatable bonds is 3. The van der Waals surface area contributed by atoms with Crippen molar-refractivity contribution in [3.05, 3.63) is 34.3 Å². The first-order chi connectivity index (χ1) is 7.66. The summed E-state index contributed by atoms with van der Waals surface area (Å²) in [5.74, 6) is -0.818. The van der Waals surface area contributed by atoms with Gasteiger partial charge in [0, 0.05) is 11.1 Å². The Bertz CT molecular complexity index is 400. The average Bonchev–Trinajstić information content (AvgIpc) is 2.69. The zero-order valence-electron chi connectivity index (χ0n) is 8.87. The molecule has 0 spiro atoms. The zero-order chi connectivity index (χ0) is 11.5. The molecular weight excluding hydrogens is 226 g/mol. The number of carboxylic acid groups (broad SMARTS) is 1. The van der Waals surface area contributed by atoms with Crippen molar-refractivity contribution in [2.24, 2.45) is 0 Å². The number of carbonyl (C=O) groups is 1. The first kappa shape index (κ1) is 11.4. The number of benzene rings is 1. The topological polar surface area (TPSA) is 49.3 Å². The highest BCUT2D eigenvalue weighted by Gasteiger charge is 2.20. The molecule has 1 saturated heterocycles. The number of nitrogens with one attached hydrogen (secondary N) is 1. The molecule has 0 aliphatic carbocycles. The van der Waals surface area contributed by atoms with Crippen LogP contribution in [0.1, 0.15) is 30.0 Å². The molecule has 0 aromatic heterocycles. The molecule has 1 aromatic rings. The van der Waals surface area contributed by atoms with Crippen molar-refractivity contribution in [1.29, 1.82) is 0 Å². The second-order valence-corrected chi connectivity index (χ2v) is 4.50. The largest absolute Gasteiger partial charge is 0.481 e. The highest BCUT2D eigenvalue weighted by atomic mass is 35.5. The lowest BCUT2D eigenvalue weighted by Crippen LogP contribution is -2.16. The zero-order valence-corrected chi connectivity index (χ0v) is 9.63. The maximum Gasteiger partial charge on any atom is 0.307 e. The predicted molar refractivity (Wildman–Crippen MR) is 62.8 cm³/mol. The van der Waals surface area contributed by atoms with Gasteiger partial charge in [0.15, 0.2) is 0 Å². The van der Waals surface area contributed by atoms with Crippen molar-refractivity contribution >= 4 is 17.6 Å². The number of halogens is 1. The van der Waals surface area contributed by atoms with E-state index in [9.17, 15) is 4.79 Å². The molecule has 16 heavy (non-hydrogen) atoms. The Labute approximate surface area is 99.4 Å². The van der Waals surface area contributed by atoms with Crippen LogP contribution in [0.3, 0.4) is 0 Å². The van der Waals surface area contributed by atoms with Gasteiger partial charge in [-0.3, -0.25) is 4.79 Å². The summed E-state index contributed by atoms with van der Waals surface area (Å²) >= 11 is 5.89. The van der Waals surface area contributed by atoms with Crippen LogP contribution >= 0.6 is 11.6 Å². The van der Waals surface area contributed by atoms with Gasteiger partial charge in [-0.1, -0.05) is 17.7 Å². The number of carboxylic acids is 1. The molecule has 86 valence electrons. The lowest BCUT2D eigenvalue weighted by molar-refractivity contribution is -0.136. The van der Waals surface area contributed by atoms with Gasteiger partial charge in [-0.2, -0.15) is 0 Å². The standard InChI is InChI=1S/C12H14ClNO2/c13-9-3-4-10(11-2-1-5-14-11)8(6-9)7-12(15)16/h3-4,6,11,14H,1-2,5,7H2,(H,15,16)/t11-/m1/s1. The van der Waals surface area contributed by atoms with Gasteiger partial charge >= 0.3 is 5.97 Å². The maximum absolute atomic E-state index is 10.8. The van der Waals surface area contributed by atoms with Crippen molar-refractivity contribution in [2.45, 2.75) is 25.3 Å². The minimum absolute atomic E-state index is 0.0358. The molecular formula is C12H14ClNO2. The molecule has 0 saturated carbocycles. The van der Waals surface area contributed by atoms with Crippen LogP contribution in [0.4, 0.5) is 0 Å². The summed E-state index contributed by atoms with van der Waals surface area (Å²) in [6.07, 6.45) is 2.24. The summed E-state index contributed by atoms with van der Waals surface area (Å²) in [4.78, 5) is 10.8. The molecule has 1 aliphatic rings. The third-order valence-electron chi connectivity index (χ3n) is 2.88. The third-order valence-corrected chi connectivity index (χ3v) is 3.12. The van der Waals surface area contributed by atoms with Crippen molar-refractivity contribution in [3.63, 3.8) is 0 Å². The Balaban J connectivity index is 2.30. The van der Waals surface area contributed by atoms with Crippen LogP contribution in [0, 0.1) is 0 Å². The van der Waals surface area contributed by atoms with Crippen molar-refractivity contribution in [1.82, 2.24) is 5.32 Å². The van der Waals surface area contributed by atoms with E-state index in [1.807, 2.05) is 12.1 Å². The van der Waals surface area contributed by atoms with E-state index in [1.54, 1.807) is 6.07 Å². The fraction of sp³-hybridized carbons (Fsp3) is 0.417. The monoisotopic (exact) mass is 239 g/mol. The fourth-order valence-corrected chi connectivity index (χ4v) is 2.37. The molecule has 2 N–H and O–H groups in total. The summed E-state index contributed by atoms with van der Waals surface area (Å²) in [5, 5.41) is 12.8. The van der Waals surface area contributed by atoms with E-state index in [0.29, 0.717) is 5.02 Å². The van der Waals surface area contributed by atoms with Crippen LogP contribution in [0.2, 0.25) is 5.02 Å². The Morgan fingerprint density at radius 2 is 2.38 bits per heavy atom. The van der Waals surface area contributed by atoms with E-state index in [-0.39, 0.29) is 12.5 Å². The molecule has 1 fully saturated rings. The maximum atomic E-state index is 10.8. The van der Waals surface area contributed by atoms with Crippen LogP contribution in [-0.2, 0) is 11.2 Å². The summed E-state index contributed by atoms with van der Waals surface area (Å²) in [5.41, 5.74) is 1.89. The van der Waals surface area contributed by atoms with Crippen LogP contribution in [0.15, 0.2) is 18.2 Å². The Morgan fingerprint density at radius 1 is 1.56 bits per heavy atom.